The molecule has 1 fully saturated rings. The van der Waals surface area contributed by atoms with Crippen molar-refractivity contribution in [2.45, 2.75) is 39.3 Å². The van der Waals surface area contributed by atoms with Crippen molar-refractivity contribution in [1.82, 2.24) is 19.9 Å². The van der Waals surface area contributed by atoms with Crippen molar-refractivity contribution >= 4 is 5.91 Å². The van der Waals surface area contributed by atoms with Gasteiger partial charge >= 0.3 is 0 Å². The number of nitrogens with zero attached hydrogens (tertiary/aromatic N) is 2. The van der Waals surface area contributed by atoms with Crippen LogP contribution in [0.2, 0.25) is 0 Å². The summed E-state index contributed by atoms with van der Waals surface area (Å²) < 4.78 is 7.57. The minimum Gasteiger partial charge on any atom is -0.381 e. The lowest BCUT2D eigenvalue weighted by molar-refractivity contribution is 0.0497. The highest BCUT2D eigenvalue weighted by molar-refractivity contribution is 5.94. The zero-order valence-corrected chi connectivity index (χ0v) is 13.7. The fourth-order valence-electron chi connectivity index (χ4n) is 3.21. The third-order valence-corrected chi connectivity index (χ3v) is 4.57. The van der Waals surface area contributed by atoms with E-state index >= 15 is 0 Å². The van der Waals surface area contributed by atoms with Crippen LogP contribution in [-0.2, 0) is 11.3 Å². The van der Waals surface area contributed by atoms with Crippen molar-refractivity contribution in [2.75, 3.05) is 13.2 Å². The lowest BCUT2D eigenvalue weighted by atomic mass is 9.91. The Labute approximate surface area is 136 Å². The number of nitrogens with one attached hydrogen (secondary N) is 2. The molecule has 0 radical (unpaired) electrons. The van der Waals surface area contributed by atoms with Crippen molar-refractivity contribution in [3.05, 3.63) is 41.7 Å². The second-order valence-corrected chi connectivity index (χ2v) is 6.01. The SMILES string of the molecule is CCn1ccnc1C(NC(=O)c1[nH]ccc1C)C1CCOCC1. The van der Waals surface area contributed by atoms with E-state index in [0.29, 0.717) is 11.6 Å². The molecule has 1 atom stereocenters. The summed E-state index contributed by atoms with van der Waals surface area (Å²) in [6, 6.07) is 1.81. The summed E-state index contributed by atoms with van der Waals surface area (Å²) in [6.07, 6.45) is 7.43. The van der Waals surface area contributed by atoms with Gasteiger partial charge in [0.25, 0.3) is 5.91 Å². The van der Waals surface area contributed by atoms with Gasteiger partial charge in [0.1, 0.15) is 11.5 Å². The summed E-state index contributed by atoms with van der Waals surface area (Å²) in [4.78, 5) is 20.2. The van der Waals surface area contributed by atoms with Gasteiger partial charge in [0.2, 0.25) is 0 Å². The van der Waals surface area contributed by atoms with Crippen molar-refractivity contribution in [3.63, 3.8) is 0 Å². The molecule has 1 saturated heterocycles. The molecule has 6 heteroatoms. The van der Waals surface area contributed by atoms with Crippen LogP contribution in [0.15, 0.2) is 24.7 Å². The Morgan fingerprint density at radius 1 is 1.52 bits per heavy atom. The molecular formula is C17H24N4O2. The number of amides is 1. The molecule has 0 aromatic carbocycles. The number of carbonyl (C=O) groups is 1. The first-order valence-corrected chi connectivity index (χ1v) is 8.24. The molecule has 2 N–H and O–H groups in total. The molecular weight excluding hydrogens is 292 g/mol. The largest absolute Gasteiger partial charge is 0.381 e. The van der Waals surface area contributed by atoms with Crippen LogP contribution in [0.1, 0.15) is 47.7 Å². The van der Waals surface area contributed by atoms with Gasteiger partial charge in [0.05, 0.1) is 6.04 Å². The van der Waals surface area contributed by atoms with Crippen LogP contribution in [0.25, 0.3) is 0 Å². The van der Waals surface area contributed by atoms with Crippen LogP contribution in [0.5, 0.6) is 0 Å². The lowest BCUT2D eigenvalue weighted by Crippen LogP contribution is -2.38. The molecule has 0 saturated carbocycles. The van der Waals surface area contributed by atoms with Crippen LogP contribution in [0.3, 0.4) is 0 Å². The van der Waals surface area contributed by atoms with Gasteiger partial charge in [-0.1, -0.05) is 0 Å². The van der Waals surface area contributed by atoms with Gasteiger partial charge < -0.3 is 19.6 Å². The Hall–Kier alpha value is -2.08. The summed E-state index contributed by atoms with van der Waals surface area (Å²) >= 11 is 0. The fourth-order valence-corrected chi connectivity index (χ4v) is 3.21. The highest BCUT2D eigenvalue weighted by atomic mass is 16.5. The van der Waals surface area contributed by atoms with Gasteiger partial charge in [-0.05, 0) is 44.2 Å². The van der Waals surface area contributed by atoms with Gasteiger partial charge in [-0.15, -0.1) is 0 Å². The minimum absolute atomic E-state index is 0.0744. The van der Waals surface area contributed by atoms with Crippen LogP contribution < -0.4 is 5.32 Å². The summed E-state index contributed by atoms with van der Waals surface area (Å²) in [5, 5.41) is 3.20. The number of hydrogen-bond acceptors (Lipinski definition) is 3. The maximum absolute atomic E-state index is 12.7. The van der Waals surface area contributed by atoms with E-state index in [4.69, 9.17) is 4.74 Å². The molecule has 2 aromatic rings. The summed E-state index contributed by atoms with van der Waals surface area (Å²) in [5.74, 6) is 1.20. The number of hydrogen-bond donors (Lipinski definition) is 2. The van der Waals surface area contributed by atoms with Crippen molar-refractivity contribution in [3.8, 4) is 0 Å². The van der Waals surface area contributed by atoms with Crippen molar-refractivity contribution < 1.29 is 9.53 Å². The van der Waals surface area contributed by atoms with E-state index < -0.39 is 0 Å². The van der Waals surface area contributed by atoms with E-state index in [9.17, 15) is 4.79 Å². The summed E-state index contributed by atoms with van der Waals surface area (Å²) in [5.41, 5.74) is 1.57. The minimum atomic E-state index is -0.0935. The lowest BCUT2D eigenvalue weighted by Gasteiger charge is -2.30. The van der Waals surface area contributed by atoms with E-state index in [-0.39, 0.29) is 11.9 Å². The Balaban J connectivity index is 1.86. The number of imidazole rings is 1. The van der Waals surface area contributed by atoms with Crippen LogP contribution >= 0.6 is 0 Å². The number of aromatic amines is 1. The predicted octanol–water partition coefficient (Wildman–Crippen LogP) is 2.44. The molecule has 124 valence electrons. The molecule has 3 rings (SSSR count). The number of ether oxygens (including phenoxy) is 1. The highest BCUT2D eigenvalue weighted by Gasteiger charge is 2.30. The first kappa shape index (κ1) is 15.8. The molecule has 3 heterocycles. The van der Waals surface area contributed by atoms with Gasteiger partial charge in [-0.25, -0.2) is 4.98 Å². The third-order valence-electron chi connectivity index (χ3n) is 4.57. The van der Waals surface area contributed by atoms with Gasteiger partial charge in [0.15, 0.2) is 0 Å². The predicted molar refractivity (Wildman–Crippen MR) is 87.2 cm³/mol. The second-order valence-electron chi connectivity index (χ2n) is 6.01. The summed E-state index contributed by atoms with van der Waals surface area (Å²) in [6.45, 7) is 6.34. The van der Waals surface area contributed by atoms with Crippen LogP contribution in [0, 0.1) is 12.8 Å². The Bertz CT molecular complexity index is 655. The number of H-pyrrole nitrogens is 1. The Morgan fingerprint density at radius 3 is 2.96 bits per heavy atom. The zero-order valence-electron chi connectivity index (χ0n) is 13.7. The number of carbonyl (C=O) groups excluding carboxylic acids is 1. The molecule has 23 heavy (non-hydrogen) atoms. The average molecular weight is 316 g/mol. The zero-order chi connectivity index (χ0) is 16.2. The molecule has 0 aliphatic carbocycles. The van der Waals surface area contributed by atoms with E-state index in [1.807, 2.05) is 19.2 Å². The Morgan fingerprint density at radius 2 is 2.30 bits per heavy atom. The molecule has 1 aliphatic heterocycles. The molecule has 1 amide bonds. The van der Waals surface area contributed by atoms with Gasteiger partial charge in [-0.3, -0.25) is 4.79 Å². The number of aromatic nitrogens is 3. The monoisotopic (exact) mass is 316 g/mol. The van der Waals surface area contributed by atoms with Gasteiger partial charge in [-0.2, -0.15) is 0 Å². The molecule has 1 unspecified atom stereocenters. The van der Waals surface area contributed by atoms with E-state index in [1.54, 1.807) is 12.4 Å². The maximum Gasteiger partial charge on any atom is 0.268 e. The molecule has 2 aromatic heterocycles. The topological polar surface area (TPSA) is 71.9 Å². The fraction of sp³-hybridized carbons (Fsp3) is 0.529. The van der Waals surface area contributed by atoms with Crippen molar-refractivity contribution in [2.24, 2.45) is 5.92 Å². The first-order chi connectivity index (χ1) is 11.2. The molecule has 0 bridgehead atoms. The summed E-state index contributed by atoms with van der Waals surface area (Å²) in [7, 11) is 0. The third kappa shape index (κ3) is 3.32. The van der Waals surface area contributed by atoms with E-state index in [1.165, 1.54) is 0 Å². The quantitative estimate of drug-likeness (QED) is 0.890. The molecule has 0 spiro atoms. The number of aryl methyl sites for hydroxylation is 2. The smallest absolute Gasteiger partial charge is 0.268 e. The molecule has 1 aliphatic rings. The normalized spacial score (nSPS) is 17.1. The standard InChI is InChI=1S/C17H24N4O2/c1-3-21-9-8-19-16(21)15(13-5-10-23-11-6-13)20-17(22)14-12(2)4-7-18-14/h4,7-9,13,15,18H,3,5-6,10-11H2,1-2H3,(H,20,22). The number of rotatable bonds is 5. The second kappa shape index (κ2) is 7.00. The van der Waals surface area contributed by atoms with Crippen LogP contribution in [0.4, 0.5) is 0 Å². The first-order valence-electron chi connectivity index (χ1n) is 8.24. The van der Waals surface area contributed by atoms with Crippen LogP contribution in [-0.4, -0.2) is 33.7 Å². The highest BCUT2D eigenvalue weighted by Crippen LogP contribution is 2.29. The molecule has 6 nitrogen and oxygen atoms in total. The van der Waals surface area contributed by atoms with Crippen molar-refractivity contribution in [1.29, 1.82) is 0 Å². The van der Waals surface area contributed by atoms with Gasteiger partial charge in [0, 0.05) is 38.3 Å². The average Bonchev–Trinajstić information content (AvgIpc) is 3.21. The van der Waals surface area contributed by atoms with E-state index in [0.717, 1.165) is 44.0 Å². The Kier molecular flexibility index (Phi) is 4.81. The maximum atomic E-state index is 12.7. The van der Waals surface area contributed by atoms with E-state index in [2.05, 4.69) is 26.8 Å².